The maximum atomic E-state index is 5.19. The highest BCUT2D eigenvalue weighted by molar-refractivity contribution is 6.20. The minimum absolute atomic E-state index is 0.227. The summed E-state index contributed by atoms with van der Waals surface area (Å²) in [6.45, 7) is 0. The summed E-state index contributed by atoms with van der Waals surface area (Å²) in [6.07, 6.45) is 8.11. The van der Waals surface area contributed by atoms with Gasteiger partial charge in [-0.05, 0) is 81.1 Å². The van der Waals surface area contributed by atoms with Crippen LogP contribution in [0.4, 0.5) is 0 Å². The zero-order valence-corrected chi connectivity index (χ0v) is 26.2. The van der Waals surface area contributed by atoms with Crippen molar-refractivity contribution in [1.29, 1.82) is 0 Å². The van der Waals surface area contributed by atoms with Gasteiger partial charge in [-0.2, -0.15) is 9.97 Å². The second-order valence-corrected chi connectivity index (χ2v) is 12.9. The van der Waals surface area contributed by atoms with Gasteiger partial charge in [0.1, 0.15) is 0 Å². The summed E-state index contributed by atoms with van der Waals surface area (Å²) >= 11 is 0. The van der Waals surface area contributed by atoms with Crippen LogP contribution in [0.5, 0.6) is 0 Å². The number of benzene rings is 5. The predicted octanol–water partition coefficient (Wildman–Crippen LogP) is 9.58. The predicted molar refractivity (Wildman–Crippen MR) is 195 cm³/mol. The molecule has 0 radical (unpaired) electrons. The van der Waals surface area contributed by atoms with Gasteiger partial charge < -0.3 is 0 Å². The molecule has 2 aliphatic rings. The van der Waals surface area contributed by atoms with Crippen molar-refractivity contribution in [2.45, 2.75) is 12.3 Å². The lowest BCUT2D eigenvalue weighted by molar-refractivity contribution is 0.789. The summed E-state index contributed by atoms with van der Waals surface area (Å²) < 4.78 is 2.26. The Bertz CT molecular complexity index is 2750. The Labute approximate surface area is 281 Å². The van der Waals surface area contributed by atoms with E-state index >= 15 is 0 Å². The topological polar surface area (TPSA) is 69.4 Å². The summed E-state index contributed by atoms with van der Waals surface area (Å²) in [7, 11) is 0. The molecule has 0 spiro atoms. The van der Waals surface area contributed by atoms with E-state index in [-0.39, 0.29) is 5.92 Å². The molecule has 4 heterocycles. The molecule has 0 amide bonds. The van der Waals surface area contributed by atoms with E-state index < -0.39 is 0 Å². The first-order valence-electron chi connectivity index (χ1n) is 16.6. The van der Waals surface area contributed by atoms with Crippen LogP contribution in [0.15, 0.2) is 140 Å². The lowest BCUT2D eigenvalue weighted by Gasteiger charge is -2.36. The molecule has 0 saturated carbocycles. The fraction of sp³-hybridized carbons (Fsp3) is 0.0465. The molecule has 2 aliphatic carbocycles. The standard InChI is InChI=1S/C43H26N6/c1-2-11-30-28(10-1)29-13-5-14-31-33-18-16-25-17-19-34-32-12-3-4-15-37(32)49(40(34)38(25)39(33)36(30)22-35(29)31)43-47-41(26-8-6-20-44-23-26)46-42(48-43)27-9-7-21-45-24-27/h1-21,23-24,36H,22H2. The Balaban J connectivity index is 1.30. The molecule has 2 bridgehead atoms. The molecule has 1 atom stereocenters. The molecular weight excluding hydrogens is 601 g/mol. The quantitative estimate of drug-likeness (QED) is 0.195. The van der Waals surface area contributed by atoms with Crippen LogP contribution in [0.3, 0.4) is 0 Å². The second-order valence-electron chi connectivity index (χ2n) is 12.9. The van der Waals surface area contributed by atoms with Crippen molar-refractivity contribution in [3.05, 3.63) is 157 Å². The lowest BCUT2D eigenvalue weighted by Crippen LogP contribution is -2.19. The Kier molecular flexibility index (Phi) is 5.41. The average molecular weight is 627 g/mol. The molecule has 9 aromatic rings. The van der Waals surface area contributed by atoms with Crippen molar-refractivity contribution < 1.29 is 0 Å². The number of pyridine rings is 2. The summed E-state index contributed by atoms with van der Waals surface area (Å²) in [6, 6.07) is 41.3. The van der Waals surface area contributed by atoms with Gasteiger partial charge in [0.05, 0.1) is 11.0 Å². The number of nitrogens with zero attached hydrogens (tertiary/aromatic N) is 6. The first-order valence-corrected chi connectivity index (χ1v) is 16.6. The van der Waals surface area contributed by atoms with E-state index in [9.17, 15) is 0 Å². The Morgan fingerprint density at radius 2 is 1.24 bits per heavy atom. The first kappa shape index (κ1) is 26.5. The van der Waals surface area contributed by atoms with Crippen molar-refractivity contribution in [1.82, 2.24) is 29.5 Å². The largest absolute Gasteiger partial charge is 0.277 e. The highest BCUT2D eigenvalue weighted by Gasteiger charge is 2.35. The van der Waals surface area contributed by atoms with Crippen LogP contribution in [-0.2, 0) is 6.42 Å². The van der Waals surface area contributed by atoms with Gasteiger partial charge in [-0.1, -0.05) is 84.9 Å². The minimum atomic E-state index is 0.227. The fourth-order valence-corrected chi connectivity index (χ4v) is 8.34. The molecule has 49 heavy (non-hydrogen) atoms. The number of fused-ring (bicyclic) bond motifs is 13. The molecule has 0 N–H and O–H groups in total. The summed E-state index contributed by atoms with van der Waals surface area (Å²) in [5, 5.41) is 4.78. The lowest BCUT2D eigenvalue weighted by atomic mass is 9.67. The zero-order valence-electron chi connectivity index (χ0n) is 26.2. The SMILES string of the molecule is c1cncc(-c2nc(-c3cccnc3)nc(-n3c4ccccc4c4ccc5ccc6c(c5c43)C3Cc4c(cccc4-6)-c4ccccc43)n2)c1. The molecule has 0 aliphatic heterocycles. The first-order chi connectivity index (χ1) is 24.3. The molecule has 6 heteroatoms. The summed E-state index contributed by atoms with van der Waals surface area (Å²) in [4.78, 5) is 24.1. The molecule has 228 valence electrons. The zero-order chi connectivity index (χ0) is 32.1. The van der Waals surface area contributed by atoms with Gasteiger partial charge in [-0.25, -0.2) is 4.98 Å². The van der Waals surface area contributed by atoms with Crippen molar-refractivity contribution in [3.63, 3.8) is 0 Å². The van der Waals surface area contributed by atoms with Crippen LogP contribution in [0, 0.1) is 0 Å². The monoisotopic (exact) mass is 626 g/mol. The molecule has 6 nitrogen and oxygen atoms in total. The fourth-order valence-electron chi connectivity index (χ4n) is 8.34. The van der Waals surface area contributed by atoms with Crippen LogP contribution in [0.2, 0.25) is 0 Å². The molecular formula is C43H26N6. The third-order valence-electron chi connectivity index (χ3n) is 10.4. The molecule has 5 aromatic carbocycles. The normalized spacial score (nSPS) is 14.2. The maximum Gasteiger partial charge on any atom is 0.238 e. The van der Waals surface area contributed by atoms with Gasteiger partial charge >= 0.3 is 0 Å². The van der Waals surface area contributed by atoms with Crippen LogP contribution in [0.1, 0.15) is 22.6 Å². The minimum Gasteiger partial charge on any atom is -0.277 e. The van der Waals surface area contributed by atoms with E-state index in [1.807, 2.05) is 24.3 Å². The Morgan fingerprint density at radius 1 is 0.551 bits per heavy atom. The van der Waals surface area contributed by atoms with Crippen LogP contribution < -0.4 is 0 Å². The maximum absolute atomic E-state index is 5.19. The molecule has 4 aromatic heterocycles. The Morgan fingerprint density at radius 3 is 2.02 bits per heavy atom. The van der Waals surface area contributed by atoms with Gasteiger partial charge in [0.15, 0.2) is 11.6 Å². The van der Waals surface area contributed by atoms with E-state index in [0.29, 0.717) is 17.6 Å². The van der Waals surface area contributed by atoms with Crippen molar-refractivity contribution >= 4 is 32.6 Å². The van der Waals surface area contributed by atoms with E-state index in [4.69, 9.17) is 15.0 Å². The van der Waals surface area contributed by atoms with E-state index in [2.05, 4.69) is 106 Å². The van der Waals surface area contributed by atoms with Crippen LogP contribution >= 0.6 is 0 Å². The molecule has 1 unspecified atom stereocenters. The van der Waals surface area contributed by atoms with Crippen LogP contribution in [0.25, 0.3) is 83.6 Å². The van der Waals surface area contributed by atoms with Crippen LogP contribution in [-0.4, -0.2) is 29.5 Å². The summed E-state index contributed by atoms with van der Waals surface area (Å²) in [5.41, 5.74) is 13.4. The van der Waals surface area contributed by atoms with Crippen molar-refractivity contribution in [2.24, 2.45) is 0 Å². The van der Waals surface area contributed by atoms with Gasteiger partial charge in [0, 0.05) is 58.0 Å². The number of para-hydroxylation sites is 1. The van der Waals surface area contributed by atoms with Gasteiger partial charge in [-0.15, -0.1) is 0 Å². The third-order valence-corrected chi connectivity index (χ3v) is 10.4. The Hall–Kier alpha value is -6.53. The average Bonchev–Trinajstić information content (AvgIpc) is 3.52. The highest BCUT2D eigenvalue weighted by atomic mass is 15.2. The van der Waals surface area contributed by atoms with Crippen molar-refractivity contribution in [3.8, 4) is 51.0 Å². The highest BCUT2D eigenvalue weighted by Crippen LogP contribution is 2.54. The van der Waals surface area contributed by atoms with E-state index in [0.717, 1.165) is 34.0 Å². The summed E-state index contributed by atoms with van der Waals surface area (Å²) in [5.74, 6) is 1.91. The van der Waals surface area contributed by atoms with E-state index in [1.54, 1.807) is 24.8 Å². The van der Waals surface area contributed by atoms with Gasteiger partial charge in [0.2, 0.25) is 5.95 Å². The number of aromatic nitrogens is 6. The second kappa shape index (κ2) is 9.99. The number of hydrogen-bond acceptors (Lipinski definition) is 5. The van der Waals surface area contributed by atoms with E-state index in [1.165, 1.54) is 55.1 Å². The molecule has 0 saturated heterocycles. The van der Waals surface area contributed by atoms with Gasteiger partial charge in [-0.3, -0.25) is 14.5 Å². The number of rotatable bonds is 3. The molecule has 0 fully saturated rings. The van der Waals surface area contributed by atoms with Crippen molar-refractivity contribution in [2.75, 3.05) is 0 Å². The smallest absolute Gasteiger partial charge is 0.238 e. The number of hydrogen-bond donors (Lipinski definition) is 0. The molecule has 11 rings (SSSR count). The third kappa shape index (κ3) is 3.74. The van der Waals surface area contributed by atoms with Gasteiger partial charge in [0.25, 0.3) is 0 Å².